The van der Waals surface area contributed by atoms with Gasteiger partial charge in [0.15, 0.2) is 0 Å². The number of rotatable bonds is 4. The highest BCUT2D eigenvalue weighted by atomic mass is 35.5. The van der Waals surface area contributed by atoms with Crippen LogP contribution in [0.2, 0.25) is 0 Å². The van der Waals surface area contributed by atoms with E-state index in [-0.39, 0.29) is 30.6 Å². The number of anilines is 2. The summed E-state index contributed by atoms with van der Waals surface area (Å²) in [5.74, 6) is -0.0443. The fourth-order valence-corrected chi connectivity index (χ4v) is 2.59. The van der Waals surface area contributed by atoms with Crippen molar-refractivity contribution in [3.05, 3.63) is 54.0 Å². The Morgan fingerprint density at radius 3 is 2.71 bits per heavy atom. The van der Waals surface area contributed by atoms with Gasteiger partial charge in [0, 0.05) is 26.2 Å². The lowest BCUT2D eigenvalue weighted by molar-refractivity contribution is -0.115. The van der Waals surface area contributed by atoms with Gasteiger partial charge in [-0.2, -0.15) is 0 Å². The number of amides is 1. The monoisotopic (exact) mass is 350 g/mol. The van der Waals surface area contributed by atoms with Gasteiger partial charge in [0.2, 0.25) is 5.91 Å². The molecule has 0 saturated carbocycles. The van der Waals surface area contributed by atoms with Crippen molar-refractivity contribution in [1.82, 2.24) is 10.3 Å². The zero-order valence-corrected chi connectivity index (χ0v) is 14.0. The molecule has 2 N–H and O–H groups in total. The van der Waals surface area contributed by atoms with E-state index in [0.29, 0.717) is 11.4 Å². The van der Waals surface area contributed by atoms with E-state index in [4.69, 9.17) is 0 Å². The Morgan fingerprint density at radius 2 is 2.04 bits per heavy atom. The van der Waals surface area contributed by atoms with Crippen LogP contribution >= 0.6 is 12.4 Å². The van der Waals surface area contributed by atoms with Crippen molar-refractivity contribution in [1.29, 1.82) is 0 Å². The number of carbonyl (C=O) groups excluding carboxylic acids is 1. The molecule has 1 aliphatic heterocycles. The Morgan fingerprint density at radius 1 is 1.25 bits per heavy atom. The number of pyridine rings is 1. The number of benzene rings is 1. The number of carbonyl (C=O) groups is 1. The van der Waals surface area contributed by atoms with Gasteiger partial charge in [-0.15, -0.1) is 12.4 Å². The summed E-state index contributed by atoms with van der Waals surface area (Å²) in [6.45, 7) is 3.83. The van der Waals surface area contributed by atoms with Crippen molar-refractivity contribution in [2.75, 3.05) is 36.4 Å². The SMILES string of the molecule is Cl.O=C(Cc1cccc(F)c1)Nc1ccc(N2CCNCC2)cn1. The molecule has 1 aromatic carbocycles. The molecule has 1 amide bonds. The van der Waals surface area contributed by atoms with Gasteiger partial charge in [0.05, 0.1) is 18.3 Å². The van der Waals surface area contributed by atoms with E-state index in [1.165, 1.54) is 12.1 Å². The van der Waals surface area contributed by atoms with E-state index >= 15 is 0 Å². The van der Waals surface area contributed by atoms with Crippen LogP contribution in [0.25, 0.3) is 0 Å². The van der Waals surface area contributed by atoms with Crippen molar-refractivity contribution in [3.8, 4) is 0 Å². The molecular formula is C17H20ClFN4O. The molecule has 24 heavy (non-hydrogen) atoms. The Bertz CT molecular complexity index is 675. The summed E-state index contributed by atoms with van der Waals surface area (Å²) >= 11 is 0. The predicted octanol–water partition coefficient (Wildman–Crippen LogP) is 2.23. The van der Waals surface area contributed by atoms with Gasteiger partial charge >= 0.3 is 0 Å². The molecule has 0 unspecified atom stereocenters. The first-order valence-corrected chi connectivity index (χ1v) is 7.67. The van der Waals surface area contributed by atoms with Crippen LogP contribution in [-0.4, -0.2) is 37.1 Å². The average molecular weight is 351 g/mol. The molecule has 0 bridgehead atoms. The van der Waals surface area contributed by atoms with Gasteiger partial charge in [0.1, 0.15) is 11.6 Å². The van der Waals surface area contributed by atoms with Crippen molar-refractivity contribution in [2.45, 2.75) is 6.42 Å². The highest BCUT2D eigenvalue weighted by Gasteiger charge is 2.11. The lowest BCUT2D eigenvalue weighted by Crippen LogP contribution is -2.43. The summed E-state index contributed by atoms with van der Waals surface area (Å²) in [7, 11) is 0. The van der Waals surface area contributed by atoms with Crippen LogP contribution < -0.4 is 15.5 Å². The maximum Gasteiger partial charge on any atom is 0.229 e. The van der Waals surface area contributed by atoms with E-state index in [1.54, 1.807) is 24.4 Å². The number of aromatic nitrogens is 1. The molecule has 1 aromatic heterocycles. The second kappa shape index (κ2) is 8.61. The minimum atomic E-state index is -0.339. The number of nitrogens with one attached hydrogen (secondary N) is 2. The Kier molecular flexibility index (Phi) is 6.52. The molecule has 1 fully saturated rings. The molecule has 128 valence electrons. The number of nitrogens with zero attached hydrogens (tertiary/aromatic N) is 2. The molecule has 0 radical (unpaired) electrons. The maximum absolute atomic E-state index is 13.1. The van der Waals surface area contributed by atoms with Gasteiger partial charge in [-0.3, -0.25) is 4.79 Å². The minimum Gasteiger partial charge on any atom is -0.368 e. The summed E-state index contributed by atoms with van der Waals surface area (Å²) in [5, 5.41) is 6.04. The van der Waals surface area contributed by atoms with E-state index in [9.17, 15) is 9.18 Å². The lowest BCUT2D eigenvalue weighted by Gasteiger charge is -2.29. The van der Waals surface area contributed by atoms with Crippen LogP contribution in [0.1, 0.15) is 5.56 Å². The third-order valence-electron chi connectivity index (χ3n) is 3.75. The smallest absolute Gasteiger partial charge is 0.229 e. The van der Waals surface area contributed by atoms with Gasteiger partial charge in [-0.05, 0) is 29.8 Å². The van der Waals surface area contributed by atoms with Crippen LogP contribution in [0.15, 0.2) is 42.6 Å². The molecule has 0 spiro atoms. The third-order valence-corrected chi connectivity index (χ3v) is 3.75. The predicted molar refractivity (Wildman–Crippen MR) is 95.3 cm³/mol. The van der Waals surface area contributed by atoms with Crippen LogP contribution in [-0.2, 0) is 11.2 Å². The van der Waals surface area contributed by atoms with E-state index < -0.39 is 0 Å². The number of hydrogen-bond donors (Lipinski definition) is 2. The number of piperazine rings is 1. The highest BCUT2D eigenvalue weighted by Crippen LogP contribution is 2.16. The zero-order valence-electron chi connectivity index (χ0n) is 13.2. The fraction of sp³-hybridized carbons (Fsp3) is 0.294. The zero-order chi connectivity index (χ0) is 16.1. The Labute approximate surface area is 146 Å². The van der Waals surface area contributed by atoms with Gasteiger partial charge < -0.3 is 15.5 Å². The first-order chi connectivity index (χ1) is 11.2. The van der Waals surface area contributed by atoms with Crippen LogP contribution in [0.5, 0.6) is 0 Å². The molecule has 1 aliphatic rings. The highest BCUT2D eigenvalue weighted by molar-refractivity contribution is 5.91. The molecule has 3 rings (SSSR count). The first-order valence-electron chi connectivity index (χ1n) is 7.67. The molecule has 1 saturated heterocycles. The minimum absolute atomic E-state index is 0. The van der Waals surface area contributed by atoms with Gasteiger partial charge in [-0.1, -0.05) is 12.1 Å². The third kappa shape index (κ3) is 4.91. The lowest BCUT2D eigenvalue weighted by atomic mass is 10.1. The van der Waals surface area contributed by atoms with Crippen LogP contribution in [0.3, 0.4) is 0 Å². The maximum atomic E-state index is 13.1. The molecule has 2 heterocycles. The molecule has 0 atom stereocenters. The van der Waals surface area contributed by atoms with E-state index in [2.05, 4.69) is 20.5 Å². The van der Waals surface area contributed by atoms with Crippen molar-refractivity contribution in [3.63, 3.8) is 0 Å². The standard InChI is InChI=1S/C17H19FN4O.ClH/c18-14-3-1-2-13(10-14)11-17(23)21-16-5-4-15(12-20-16)22-8-6-19-7-9-22;/h1-5,10,12,19H,6-9,11H2,(H,20,21,23);1H. The summed E-state index contributed by atoms with van der Waals surface area (Å²) in [6.07, 6.45) is 1.89. The molecule has 5 nitrogen and oxygen atoms in total. The second-order valence-corrected chi connectivity index (χ2v) is 5.49. The normalized spacial score (nSPS) is 14.0. The van der Waals surface area contributed by atoms with Crippen LogP contribution in [0, 0.1) is 5.82 Å². The molecular weight excluding hydrogens is 331 g/mol. The topological polar surface area (TPSA) is 57.3 Å². The van der Waals surface area contributed by atoms with E-state index in [1.807, 2.05) is 6.07 Å². The average Bonchev–Trinajstić information content (AvgIpc) is 2.56. The van der Waals surface area contributed by atoms with Crippen molar-refractivity contribution >= 4 is 29.8 Å². The number of hydrogen-bond acceptors (Lipinski definition) is 4. The molecule has 0 aliphatic carbocycles. The fourth-order valence-electron chi connectivity index (χ4n) is 2.59. The van der Waals surface area contributed by atoms with E-state index in [0.717, 1.165) is 31.9 Å². The van der Waals surface area contributed by atoms with Gasteiger partial charge in [-0.25, -0.2) is 9.37 Å². The summed E-state index contributed by atoms with van der Waals surface area (Å²) in [5.41, 5.74) is 1.69. The van der Waals surface area contributed by atoms with Crippen molar-refractivity contribution < 1.29 is 9.18 Å². The summed E-state index contributed by atoms with van der Waals surface area (Å²) < 4.78 is 13.1. The van der Waals surface area contributed by atoms with Gasteiger partial charge in [0.25, 0.3) is 0 Å². The summed E-state index contributed by atoms with van der Waals surface area (Å²) in [6, 6.07) is 9.79. The molecule has 2 aromatic rings. The second-order valence-electron chi connectivity index (χ2n) is 5.49. The quantitative estimate of drug-likeness (QED) is 0.888. The first kappa shape index (κ1) is 18.2. The Hall–Kier alpha value is -2.18. The largest absolute Gasteiger partial charge is 0.368 e. The number of halogens is 2. The Balaban J connectivity index is 0.00000208. The molecule has 7 heteroatoms. The van der Waals surface area contributed by atoms with Crippen LogP contribution in [0.4, 0.5) is 15.9 Å². The summed E-state index contributed by atoms with van der Waals surface area (Å²) in [4.78, 5) is 18.5. The van der Waals surface area contributed by atoms with Crippen molar-refractivity contribution in [2.24, 2.45) is 0 Å².